The third-order valence-corrected chi connectivity index (χ3v) is 3.93. The maximum absolute atomic E-state index is 10.2. The fourth-order valence-corrected chi connectivity index (χ4v) is 3.24. The lowest BCUT2D eigenvalue weighted by molar-refractivity contribution is 0.234. The molecule has 2 aliphatic rings. The predicted molar refractivity (Wildman–Crippen MR) is 50.3 cm³/mol. The summed E-state index contributed by atoms with van der Waals surface area (Å²) >= 11 is -2.07. The van der Waals surface area contributed by atoms with E-state index < -0.39 is 11.4 Å². The van der Waals surface area contributed by atoms with Crippen molar-refractivity contribution in [1.29, 1.82) is 0 Å². The van der Waals surface area contributed by atoms with Crippen LogP contribution in [0.2, 0.25) is 0 Å². The monoisotopic (exact) mass is 204 g/mol. The smallest absolute Gasteiger partial charge is 0.284 e. The van der Waals surface area contributed by atoms with Gasteiger partial charge in [-0.15, -0.1) is 0 Å². The third-order valence-electron chi connectivity index (χ3n) is 3.56. The van der Waals surface area contributed by atoms with Gasteiger partial charge in [0.1, 0.15) is 0 Å². The van der Waals surface area contributed by atoms with Gasteiger partial charge in [-0.25, -0.2) is 0 Å². The van der Waals surface area contributed by atoms with Gasteiger partial charge < -0.3 is 0 Å². The quantitative estimate of drug-likeness (QED) is 0.712. The molecule has 0 spiro atoms. The Morgan fingerprint density at radius 3 is 2.77 bits per heavy atom. The summed E-state index contributed by atoms with van der Waals surface area (Å²) in [6.07, 6.45) is 6.47. The summed E-state index contributed by atoms with van der Waals surface area (Å²) < 4.78 is 23.3. The molecule has 0 heterocycles. The molecule has 0 aliphatic heterocycles. The zero-order valence-electron chi connectivity index (χ0n) is 7.65. The molecule has 0 aromatic heterocycles. The Morgan fingerprint density at radius 1 is 1.38 bits per heavy atom. The lowest BCUT2D eigenvalue weighted by atomic mass is 9.87. The van der Waals surface area contributed by atoms with Crippen molar-refractivity contribution in [3.05, 3.63) is 0 Å². The molecule has 2 rings (SSSR count). The fourth-order valence-electron chi connectivity index (χ4n) is 3.00. The van der Waals surface area contributed by atoms with Crippen LogP contribution in [0.4, 0.5) is 0 Å². The molecule has 4 unspecified atom stereocenters. The first-order chi connectivity index (χ1) is 6.25. The van der Waals surface area contributed by atoms with E-state index in [0.717, 1.165) is 24.2 Å². The van der Waals surface area contributed by atoms with Crippen LogP contribution in [0.5, 0.6) is 0 Å². The van der Waals surface area contributed by atoms with E-state index in [1.807, 2.05) is 0 Å². The molecule has 2 aliphatic carbocycles. The molecule has 0 saturated heterocycles. The second-order valence-electron chi connectivity index (χ2n) is 4.26. The summed E-state index contributed by atoms with van der Waals surface area (Å²) in [7, 11) is 0. The van der Waals surface area contributed by atoms with Gasteiger partial charge in [0.2, 0.25) is 0 Å². The standard InChI is InChI=1S/C9H16O3S/c10-13(11)12-4-3-9-6-7-1-2-8(9)5-7/h7-9H,1-6H2,(H,10,11). The van der Waals surface area contributed by atoms with E-state index in [1.54, 1.807) is 0 Å². The van der Waals surface area contributed by atoms with E-state index in [-0.39, 0.29) is 0 Å². The van der Waals surface area contributed by atoms with Crippen molar-refractivity contribution in [2.45, 2.75) is 32.1 Å². The first-order valence-electron chi connectivity index (χ1n) is 5.00. The Hall–Kier alpha value is 0.0700. The van der Waals surface area contributed by atoms with Crippen molar-refractivity contribution in [3.8, 4) is 0 Å². The van der Waals surface area contributed by atoms with Gasteiger partial charge in [-0.2, -0.15) is 4.21 Å². The lowest BCUT2D eigenvalue weighted by Crippen LogP contribution is -2.13. The van der Waals surface area contributed by atoms with Gasteiger partial charge in [0.25, 0.3) is 0 Å². The highest BCUT2D eigenvalue weighted by Gasteiger charge is 2.38. The molecule has 2 fully saturated rings. The van der Waals surface area contributed by atoms with E-state index in [2.05, 4.69) is 4.18 Å². The Bertz CT molecular complexity index is 207. The number of fused-ring (bicyclic) bond motifs is 2. The van der Waals surface area contributed by atoms with Crippen molar-refractivity contribution < 1.29 is 12.9 Å². The van der Waals surface area contributed by atoms with Gasteiger partial charge in [-0.05, 0) is 43.4 Å². The van der Waals surface area contributed by atoms with Gasteiger partial charge in [-0.3, -0.25) is 8.74 Å². The minimum atomic E-state index is -2.07. The van der Waals surface area contributed by atoms with Crippen molar-refractivity contribution >= 4 is 11.4 Å². The van der Waals surface area contributed by atoms with Crippen LogP contribution in [0.3, 0.4) is 0 Å². The van der Waals surface area contributed by atoms with E-state index in [4.69, 9.17) is 4.55 Å². The molecule has 0 aromatic rings. The summed E-state index contributed by atoms with van der Waals surface area (Å²) in [5, 5.41) is 0. The van der Waals surface area contributed by atoms with Gasteiger partial charge in [0.15, 0.2) is 0 Å². The molecule has 0 aromatic carbocycles. The molecule has 13 heavy (non-hydrogen) atoms. The van der Waals surface area contributed by atoms with Crippen LogP contribution in [-0.2, 0) is 15.5 Å². The zero-order valence-corrected chi connectivity index (χ0v) is 8.46. The second kappa shape index (κ2) is 4.07. The highest BCUT2D eigenvalue weighted by molar-refractivity contribution is 7.74. The Labute approximate surface area is 81.3 Å². The maximum atomic E-state index is 10.2. The number of rotatable bonds is 4. The minimum Gasteiger partial charge on any atom is -0.284 e. The van der Waals surface area contributed by atoms with E-state index in [9.17, 15) is 4.21 Å². The molecule has 2 saturated carbocycles. The van der Waals surface area contributed by atoms with Gasteiger partial charge >= 0.3 is 11.4 Å². The lowest BCUT2D eigenvalue weighted by Gasteiger charge is -2.20. The molecule has 76 valence electrons. The van der Waals surface area contributed by atoms with Crippen molar-refractivity contribution in [2.24, 2.45) is 17.8 Å². The first kappa shape index (κ1) is 9.62. The second-order valence-corrected chi connectivity index (χ2v) is 4.93. The third kappa shape index (κ3) is 2.30. The van der Waals surface area contributed by atoms with Gasteiger partial charge in [0, 0.05) is 0 Å². The van der Waals surface area contributed by atoms with E-state index >= 15 is 0 Å². The Kier molecular flexibility index (Phi) is 3.01. The molecule has 0 amide bonds. The highest BCUT2D eigenvalue weighted by Crippen LogP contribution is 2.49. The fraction of sp³-hybridized carbons (Fsp3) is 1.00. The van der Waals surface area contributed by atoms with Crippen LogP contribution in [0.1, 0.15) is 32.1 Å². The van der Waals surface area contributed by atoms with Crippen LogP contribution >= 0.6 is 0 Å². The summed E-state index contributed by atoms with van der Waals surface area (Å²) in [6.45, 7) is 0.441. The average Bonchev–Trinajstić information content (AvgIpc) is 2.64. The summed E-state index contributed by atoms with van der Waals surface area (Å²) in [4.78, 5) is 0. The normalized spacial score (nSPS) is 39.6. The molecular weight excluding hydrogens is 188 g/mol. The van der Waals surface area contributed by atoms with E-state index in [0.29, 0.717) is 6.61 Å². The Morgan fingerprint density at radius 2 is 2.23 bits per heavy atom. The molecule has 4 heteroatoms. The largest absolute Gasteiger partial charge is 0.301 e. The van der Waals surface area contributed by atoms with Gasteiger partial charge in [-0.1, -0.05) is 6.42 Å². The SMILES string of the molecule is O=S(O)OCCC1CC2CCC1C2. The molecule has 1 N–H and O–H groups in total. The topological polar surface area (TPSA) is 46.5 Å². The van der Waals surface area contributed by atoms with Crippen LogP contribution < -0.4 is 0 Å². The maximum Gasteiger partial charge on any atom is 0.301 e. The van der Waals surface area contributed by atoms with Crippen LogP contribution in [-0.4, -0.2) is 15.4 Å². The van der Waals surface area contributed by atoms with Crippen molar-refractivity contribution in [3.63, 3.8) is 0 Å². The van der Waals surface area contributed by atoms with Gasteiger partial charge in [0.05, 0.1) is 6.61 Å². The molecule has 2 bridgehead atoms. The number of hydrogen-bond donors (Lipinski definition) is 1. The summed E-state index contributed by atoms with van der Waals surface area (Å²) in [5.41, 5.74) is 0. The van der Waals surface area contributed by atoms with Crippen LogP contribution in [0.25, 0.3) is 0 Å². The average molecular weight is 204 g/mol. The molecule has 3 nitrogen and oxygen atoms in total. The summed E-state index contributed by atoms with van der Waals surface area (Å²) in [6, 6.07) is 0. The highest BCUT2D eigenvalue weighted by atomic mass is 32.2. The zero-order chi connectivity index (χ0) is 9.26. The predicted octanol–water partition coefficient (Wildman–Crippen LogP) is 1.97. The molecular formula is C9H16O3S. The first-order valence-corrected chi connectivity index (χ1v) is 6.03. The van der Waals surface area contributed by atoms with Crippen molar-refractivity contribution in [1.82, 2.24) is 0 Å². The number of hydrogen-bond acceptors (Lipinski definition) is 2. The summed E-state index contributed by atoms with van der Waals surface area (Å²) in [5.74, 6) is 2.61. The Balaban J connectivity index is 1.68. The molecule has 4 atom stereocenters. The van der Waals surface area contributed by atoms with E-state index in [1.165, 1.54) is 25.7 Å². The molecule has 0 radical (unpaired) electrons. The van der Waals surface area contributed by atoms with Crippen molar-refractivity contribution in [2.75, 3.05) is 6.61 Å². The van der Waals surface area contributed by atoms with Crippen LogP contribution in [0.15, 0.2) is 0 Å². The minimum absolute atomic E-state index is 0.441. The van der Waals surface area contributed by atoms with Crippen LogP contribution in [0, 0.1) is 17.8 Å².